The molecule has 0 saturated carbocycles. The van der Waals surface area contributed by atoms with Crippen molar-refractivity contribution < 1.29 is 19.0 Å². The van der Waals surface area contributed by atoms with E-state index in [1.807, 2.05) is 38.1 Å². The molecule has 28 heavy (non-hydrogen) atoms. The minimum Gasteiger partial charge on any atom is -0.493 e. The number of aryl methyl sites for hydroxylation is 1. The third kappa shape index (κ3) is 4.36. The lowest BCUT2D eigenvalue weighted by atomic mass is 10.2. The summed E-state index contributed by atoms with van der Waals surface area (Å²) in [6, 6.07) is 12.4. The second-order valence-corrected chi connectivity index (χ2v) is 6.62. The number of carbonyl (C=O) groups excluding carboxylic acids is 1. The van der Waals surface area contributed by atoms with E-state index in [-0.39, 0.29) is 18.4 Å². The molecule has 0 radical (unpaired) electrons. The topological polar surface area (TPSA) is 82.5 Å². The summed E-state index contributed by atoms with van der Waals surface area (Å²) in [5, 5.41) is 0. The van der Waals surface area contributed by atoms with E-state index in [0.717, 1.165) is 11.0 Å². The zero-order chi connectivity index (χ0) is 20.1. The largest absolute Gasteiger partial charge is 0.493 e. The van der Waals surface area contributed by atoms with E-state index in [1.165, 1.54) is 7.11 Å². The van der Waals surface area contributed by atoms with Gasteiger partial charge in [0, 0.05) is 6.54 Å². The summed E-state index contributed by atoms with van der Waals surface area (Å²) in [5.41, 5.74) is 1.85. The third-order valence-electron chi connectivity index (χ3n) is 4.20. The fourth-order valence-corrected chi connectivity index (χ4v) is 2.95. The van der Waals surface area contributed by atoms with Crippen LogP contribution < -0.4 is 15.2 Å². The standard InChI is InChI=1S/C21H24N2O5/c1-14(2)28-18-10-9-15(13-19(18)26-3)20(24)27-12-6-11-23-17-8-5-4-7-16(17)22-21(23)25/h4-5,7-10,13-14H,6,11-12H2,1-3H3,(H,22,25). The number of ether oxygens (including phenoxy) is 3. The Hall–Kier alpha value is -3.22. The molecule has 7 heteroatoms. The van der Waals surface area contributed by atoms with Crippen LogP contribution in [0.15, 0.2) is 47.3 Å². The van der Waals surface area contributed by atoms with E-state index in [4.69, 9.17) is 14.2 Å². The molecule has 0 fully saturated rings. The molecule has 0 aliphatic rings. The van der Waals surface area contributed by atoms with Gasteiger partial charge in [-0.05, 0) is 50.6 Å². The van der Waals surface area contributed by atoms with Crippen LogP contribution in [0.5, 0.6) is 11.5 Å². The lowest BCUT2D eigenvalue weighted by Gasteiger charge is -2.14. The van der Waals surface area contributed by atoms with Gasteiger partial charge in [-0.1, -0.05) is 12.1 Å². The van der Waals surface area contributed by atoms with Crippen LogP contribution in [0.4, 0.5) is 0 Å². The van der Waals surface area contributed by atoms with Crippen molar-refractivity contribution >= 4 is 17.0 Å². The van der Waals surface area contributed by atoms with Crippen LogP contribution in [0, 0.1) is 0 Å². The van der Waals surface area contributed by atoms with Crippen LogP contribution >= 0.6 is 0 Å². The van der Waals surface area contributed by atoms with Crippen molar-refractivity contribution in [3.8, 4) is 11.5 Å². The maximum atomic E-state index is 12.3. The van der Waals surface area contributed by atoms with E-state index < -0.39 is 5.97 Å². The molecule has 0 aliphatic heterocycles. The number of nitrogens with one attached hydrogen (secondary N) is 1. The van der Waals surface area contributed by atoms with Gasteiger partial charge in [-0.2, -0.15) is 0 Å². The van der Waals surface area contributed by atoms with Crippen LogP contribution in [0.1, 0.15) is 30.6 Å². The Labute approximate surface area is 162 Å². The molecular weight excluding hydrogens is 360 g/mol. The SMILES string of the molecule is COc1cc(C(=O)OCCCn2c(=O)[nH]c3ccccc32)ccc1OC(C)C. The quantitative estimate of drug-likeness (QED) is 0.476. The van der Waals surface area contributed by atoms with Gasteiger partial charge in [0.2, 0.25) is 0 Å². The number of carbonyl (C=O) groups is 1. The number of H-pyrrole nitrogens is 1. The Morgan fingerprint density at radius 3 is 2.68 bits per heavy atom. The van der Waals surface area contributed by atoms with Crippen LogP contribution in [0.3, 0.4) is 0 Å². The number of aromatic amines is 1. The van der Waals surface area contributed by atoms with Crippen LogP contribution in [0.2, 0.25) is 0 Å². The van der Waals surface area contributed by atoms with Gasteiger partial charge < -0.3 is 19.2 Å². The Bertz CT molecular complexity index is 1020. The molecule has 1 aromatic heterocycles. The second-order valence-electron chi connectivity index (χ2n) is 6.62. The normalized spacial score (nSPS) is 11.0. The summed E-state index contributed by atoms with van der Waals surface area (Å²) in [6.07, 6.45) is 0.527. The number of fused-ring (bicyclic) bond motifs is 1. The summed E-state index contributed by atoms with van der Waals surface area (Å²) in [5.74, 6) is 0.613. The average Bonchev–Trinajstić information content (AvgIpc) is 3.00. The van der Waals surface area contributed by atoms with E-state index in [9.17, 15) is 9.59 Å². The first-order valence-corrected chi connectivity index (χ1v) is 9.19. The van der Waals surface area contributed by atoms with Gasteiger partial charge in [0.15, 0.2) is 11.5 Å². The smallest absolute Gasteiger partial charge is 0.338 e. The number of hydrogen-bond acceptors (Lipinski definition) is 5. The van der Waals surface area contributed by atoms with Crippen LogP contribution in [0.25, 0.3) is 11.0 Å². The molecule has 7 nitrogen and oxygen atoms in total. The molecule has 0 unspecified atom stereocenters. The number of nitrogens with zero attached hydrogens (tertiary/aromatic N) is 1. The summed E-state index contributed by atoms with van der Waals surface area (Å²) in [6.45, 7) is 4.50. The molecule has 3 aromatic rings. The van der Waals surface area contributed by atoms with Crippen molar-refractivity contribution in [2.75, 3.05) is 13.7 Å². The Balaban J connectivity index is 1.58. The van der Waals surface area contributed by atoms with Crippen molar-refractivity contribution in [3.05, 3.63) is 58.5 Å². The van der Waals surface area contributed by atoms with Crippen LogP contribution in [-0.2, 0) is 11.3 Å². The first-order chi connectivity index (χ1) is 13.5. The highest BCUT2D eigenvalue weighted by molar-refractivity contribution is 5.90. The highest BCUT2D eigenvalue weighted by atomic mass is 16.5. The third-order valence-corrected chi connectivity index (χ3v) is 4.20. The first kappa shape index (κ1) is 19.5. The van der Waals surface area contributed by atoms with E-state index in [1.54, 1.807) is 22.8 Å². The van der Waals surface area contributed by atoms with Crippen molar-refractivity contribution in [2.45, 2.75) is 32.9 Å². The summed E-state index contributed by atoms with van der Waals surface area (Å²) in [4.78, 5) is 27.1. The van der Waals surface area contributed by atoms with Crippen molar-refractivity contribution in [1.29, 1.82) is 0 Å². The molecule has 2 aromatic carbocycles. The Morgan fingerprint density at radius 2 is 1.93 bits per heavy atom. The molecule has 1 heterocycles. The van der Waals surface area contributed by atoms with Crippen LogP contribution in [-0.4, -0.2) is 35.3 Å². The maximum Gasteiger partial charge on any atom is 0.338 e. The maximum absolute atomic E-state index is 12.3. The number of para-hydroxylation sites is 2. The Morgan fingerprint density at radius 1 is 1.14 bits per heavy atom. The minimum atomic E-state index is -0.444. The molecule has 1 N–H and O–H groups in total. The van der Waals surface area contributed by atoms with Gasteiger partial charge in [-0.3, -0.25) is 4.57 Å². The lowest BCUT2D eigenvalue weighted by Crippen LogP contribution is -2.18. The molecule has 0 atom stereocenters. The van der Waals surface area contributed by atoms with Gasteiger partial charge in [-0.25, -0.2) is 9.59 Å². The fourth-order valence-electron chi connectivity index (χ4n) is 2.95. The van der Waals surface area contributed by atoms with Gasteiger partial charge in [0.25, 0.3) is 0 Å². The highest BCUT2D eigenvalue weighted by Crippen LogP contribution is 2.29. The molecule has 0 spiro atoms. The molecule has 0 amide bonds. The minimum absolute atomic E-state index is 0.000352. The van der Waals surface area contributed by atoms with Gasteiger partial charge in [0.1, 0.15) is 0 Å². The molecule has 0 aliphatic carbocycles. The number of rotatable bonds is 8. The number of aromatic nitrogens is 2. The van der Waals surface area contributed by atoms with Crippen molar-refractivity contribution in [2.24, 2.45) is 0 Å². The summed E-state index contributed by atoms with van der Waals surface area (Å²) < 4.78 is 17.9. The highest BCUT2D eigenvalue weighted by Gasteiger charge is 2.13. The van der Waals surface area contributed by atoms with E-state index >= 15 is 0 Å². The summed E-state index contributed by atoms with van der Waals surface area (Å²) >= 11 is 0. The molecule has 3 rings (SSSR count). The number of hydrogen-bond donors (Lipinski definition) is 1. The molecule has 0 saturated heterocycles. The van der Waals surface area contributed by atoms with Gasteiger partial charge >= 0.3 is 11.7 Å². The first-order valence-electron chi connectivity index (χ1n) is 9.19. The van der Waals surface area contributed by atoms with Gasteiger partial charge in [-0.15, -0.1) is 0 Å². The molecular formula is C21H24N2O5. The zero-order valence-electron chi connectivity index (χ0n) is 16.2. The fraction of sp³-hybridized carbons (Fsp3) is 0.333. The number of esters is 1. The van der Waals surface area contributed by atoms with E-state index in [2.05, 4.69) is 4.98 Å². The monoisotopic (exact) mass is 384 g/mol. The molecule has 0 bridgehead atoms. The Kier molecular flexibility index (Phi) is 6.03. The van der Waals surface area contributed by atoms with Gasteiger partial charge in [0.05, 0.1) is 36.4 Å². The predicted molar refractivity (Wildman–Crippen MR) is 106 cm³/mol. The predicted octanol–water partition coefficient (Wildman–Crippen LogP) is 3.37. The summed E-state index contributed by atoms with van der Waals surface area (Å²) in [7, 11) is 1.52. The van der Waals surface area contributed by atoms with E-state index in [0.29, 0.717) is 30.0 Å². The number of imidazole rings is 1. The second kappa shape index (κ2) is 8.65. The van der Waals surface area contributed by atoms with Crippen molar-refractivity contribution in [3.63, 3.8) is 0 Å². The zero-order valence-corrected chi connectivity index (χ0v) is 16.2. The number of benzene rings is 2. The molecule has 148 valence electrons. The van der Waals surface area contributed by atoms with Crippen molar-refractivity contribution in [1.82, 2.24) is 9.55 Å². The number of methoxy groups -OCH3 is 1. The average molecular weight is 384 g/mol. The lowest BCUT2D eigenvalue weighted by molar-refractivity contribution is 0.0495.